The topological polar surface area (TPSA) is 29.1 Å². The molecule has 0 radical (unpaired) electrons. The molecule has 25 heavy (non-hydrogen) atoms. The molecule has 1 unspecified atom stereocenters. The highest BCUT2D eigenvalue weighted by Gasteiger charge is 2.56. The van der Waals surface area contributed by atoms with Crippen molar-refractivity contribution in [3.8, 4) is 0 Å². The van der Waals surface area contributed by atoms with Crippen molar-refractivity contribution in [3.63, 3.8) is 0 Å². The zero-order chi connectivity index (χ0) is 17.1. The molecule has 0 saturated carbocycles. The molecular formula is C22H21NOP+. The van der Waals surface area contributed by atoms with Gasteiger partial charge >= 0.3 is 0 Å². The third kappa shape index (κ3) is 2.67. The summed E-state index contributed by atoms with van der Waals surface area (Å²) >= 11 is 0. The van der Waals surface area contributed by atoms with Crippen molar-refractivity contribution in [3.05, 3.63) is 91.0 Å². The van der Waals surface area contributed by atoms with Gasteiger partial charge in [-0.25, -0.2) is 0 Å². The van der Waals surface area contributed by atoms with Crippen LogP contribution in [-0.4, -0.2) is 18.1 Å². The molecule has 0 aliphatic carbocycles. The van der Waals surface area contributed by atoms with Crippen molar-refractivity contribution >= 4 is 29.1 Å². The van der Waals surface area contributed by atoms with E-state index in [9.17, 15) is 4.79 Å². The molecule has 1 aliphatic rings. The lowest BCUT2D eigenvalue weighted by atomic mass is 10.3. The van der Waals surface area contributed by atoms with Crippen LogP contribution in [0.1, 0.15) is 6.42 Å². The predicted molar refractivity (Wildman–Crippen MR) is 107 cm³/mol. The molecule has 4 rings (SSSR count). The van der Waals surface area contributed by atoms with Gasteiger partial charge in [0.1, 0.15) is 23.2 Å². The van der Waals surface area contributed by atoms with E-state index in [-0.39, 0.29) is 11.6 Å². The van der Waals surface area contributed by atoms with E-state index in [1.54, 1.807) is 0 Å². The monoisotopic (exact) mass is 346 g/mol. The lowest BCUT2D eigenvalue weighted by molar-refractivity contribution is -0.118. The average molecular weight is 346 g/mol. The van der Waals surface area contributed by atoms with Crippen LogP contribution in [0, 0.1) is 0 Å². The second-order valence-electron chi connectivity index (χ2n) is 6.32. The highest BCUT2D eigenvalue weighted by atomic mass is 31.2. The fraction of sp³-hybridized carbons (Fsp3) is 0.136. The Morgan fingerprint density at radius 1 is 0.680 bits per heavy atom. The Kier molecular flexibility index (Phi) is 4.38. The van der Waals surface area contributed by atoms with E-state index < -0.39 is 7.26 Å². The Hall–Kier alpha value is -2.44. The third-order valence-electron chi connectivity index (χ3n) is 4.98. The highest BCUT2D eigenvalue weighted by molar-refractivity contribution is 7.96. The molecule has 1 atom stereocenters. The van der Waals surface area contributed by atoms with Crippen LogP contribution >= 0.6 is 7.26 Å². The second-order valence-corrected chi connectivity index (χ2v) is 9.94. The lowest BCUT2D eigenvalue weighted by Gasteiger charge is -2.31. The van der Waals surface area contributed by atoms with Gasteiger partial charge in [0, 0.05) is 13.0 Å². The van der Waals surface area contributed by atoms with E-state index in [1.165, 1.54) is 15.9 Å². The molecule has 1 saturated heterocycles. The maximum atomic E-state index is 12.9. The SMILES string of the molecule is O=C1NCCC1[P+](c1ccccc1)(c1ccccc1)c1ccccc1. The molecular weight excluding hydrogens is 325 g/mol. The number of carbonyl (C=O) groups excluding carboxylic acids is 1. The van der Waals surface area contributed by atoms with Gasteiger partial charge in [0.25, 0.3) is 5.91 Å². The molecule has 3 heteroatoms. The fourth-order valence-corrected chi connectivity index (χ4v) is 8.79. The maximum Gasteiger partial charge on any atom is 0.262 e. The molecule has 0 aromatic heterocycles. The Labute approximate surface area is 149 Å². The van der Waals surface area contributed by atoms with E-state index in [1.807, 2.05) is 18.2 Å². The van der Waals surface area contributed by atoms with Crippen molar-refractivity contribution < 1.29 is 4.79 Å². The largest absolute Gasteiger partial charge is 0.352 e. The van der Waals surface area contributed by atoms with Crippen molar-refractivity contribution in [2.75, 3.05) is 6.54 Å². The molecule has 1 aliphatic heterocycles. The Morgan fingerprint density at radius 3 is 1.40 bits per heavy atom. The summed E-state index contributed by atoms with van der Waals surface area (Å²) in [6.07, 6.45) is 0.880. The van der Waals surface area contributed by atoms with Crippen LogP contribution in [0.5, 0.6) is 0 Å². The molecule has 0 bridgehead atoms. The van der Waals surface area contributed by atoms with Crippen LogP contribution in [0.25, 0.3) is 0 Å². The zero-order valence-corrected chi connectivity index (χ0v) is 14.9. The second kappa shape index (κ2) is 6.82. The number of nitrogens with one attached hydrogen (secondary N) is 1. The van der Waals surface area contributed by atoms with Crippen LogP contribution in [-0.2, 0) is 4.79 Å². The average Bonchev–Trinajstić information content (AvgIpc) is 3.12. The third-order valence-corrected chi connectivity index (χ3v) is 9.74. The Morgan fingerprint density at radius 2 is 1.08 bits per heavy atom. The van der Waals surface area contributed by atoms with E-state index in [0.717, 1.165) is 13.0 Å². The summed E-state index contributed by atoms with van der Waals surface area (Å²) in [6, 6.07) is 31.8. The molecule has 3 aromatic rings. The summed E-state index contributed by atoms with van der Waals surface area (Å²) in [6.45, 7) is 0.762. The molecule has 1 amide bonds. The van der Waals surface area contributed by atoms with Gasteiger partial charge in [0.15, 0.2) is 5.66 Å². The van der Waals surface area contributed by atoms with E-state index >= 15 is 0 Å². The molecule has 1 fully saturated rings. The van der Waals surface area contributed by atoms with E-state index in [0.29, 0.717) is 0 Å². The van der Waals surface area contributed by atoms with Crippen LogP contribution in [0.4, 0.5) is 0 Å². The molecule has 3 aromatic carbocycles. The molecule has 124 valence electrons. The predicted octanol–water partition coefficient (Wildman–Crippen LogP) is 2.87. The van der Waals surface area contributed by atoms with Crippen LogP contribution in [0.2, 0.25) is 0 Å². The molecule has 2 nitrogen and oxygen atoms in total. The van der Waals surface area contributed by atoms with Crippen molar-refractivity contribution in [2.24, 2.45) is 0 Å². The first kappa shape index (κ1) is 16.1. The number of hydrogen-bond donors (Lipinski definition) is 1. The quantitative estimate of drug-likeness (QED) is 0.723. The number of carbonyl (C=O) groups is 1. The maximum absolute atomic E-state index is 12.9. The molecule has 1 heterocycles. The number of amides is 1. The van der Waals surface area contributed by atoms with Gasteiger partial charge in [-0.1, -0.05) is 54.6 Å². The summed E-state index contributed by atoms with van der Waals surface area (Å²) in [7, 11) is -2.07. The smallest absolute Gasteiger partial charge is 0.262 e. The van der Waals surface area contributed by atoms with Gasteiger partial charge in [0.2, 0.25) is 0 Å². The standard InChI is InChI=1S/C22H20NOP/c24-22-21(16-17-23-22)25(18-10-4-1-5-11-18,19-12-6-2-7-13-19)20-14-8-3-9-15-20/h1-15,21H,16-17H2/p+1. The summed E-state index contributed by atoms with van der Waals surface area (Å²) in [5.74, 6) is 0.185. The minimum absolute atomic E-state index is 0.0142. The van der Waals surface area contributed by atoms with Gasteiger partial charge in [-0.15, -0.1) is 0 Å². The summed E-state index contributed by atoms with van der Waals surface area (Å²) < 4.78 is 0. The fourth-order valence-electron chi connectivity index (χ4n) is 3.93. The van der Waals surface area contributed by atoms with Crippen molar-refractivity contribution in [1.29, 1.82) is 0 Å². The van der Waals surface area contributed by atoms with Crippen molar-refractivity contribution in [2.45, 2.75) is 12.1 Å². The van der Waals surface area contributed by atoms with Crippen molar-refractivity contribution in [1.82, 2.24) is 5.32 Å². The Balaban J connectivity index is 2.06. The first-order valence-corrected chi connectivity index (χ1v) is 10.5. The summed E-state index contributed by atoms with van der Waals surface area (Å²) in [5.41, 5.74) is -0.0142. The van der Waals surface area contributed by atoms with Gasteiger partial charge in [-0.2, -0.15) is 0 Å². The number of rotatable bonds is 4. The normalized spacial score (nSPS) is 17.3. The minimum Gasteiger partial charge on any atom is -0.352 e. The van der Waals surface area contributed by atoms with Crippen LogP contribution in [0.3, 0.4) is 0 Å². The minimum atomic E-state index is -2.07. The van der Waals surface area contributed by atoms with E-state index in [2.05, 4.69) is 78.1 Å². The molecule has 0 spiro atoms. The summed E-state index contributed by atoms with van der Waals surface area (Å²) in [5, 5.41) is 6.89. The first-order chi connectivity index (χ1) is 12.3. The van der Waals surface area contributed by atoms with E-state index in [4.69, 9.17) is 0 Å². The first-order valence-electron chi connectivity index (χ1n) is 8.67. The van der Waals surface area contributed by atoms with Gasteiger partial charge in [-0.3, -0.25) is 4.79 Å². The Bertz CT molecular complexity index is 752. The van der Waals surface area contributed by atoms with Gasteiger partial charge in [-0.05, 0) is 36.4 Å². The van der Waals surface area contributed by atoms with Crippen LogP contribution < -0.4 is 21.2 Å². The van der Waals surface area contributed by atoms with Gasteiger partial charge in [0.05, 0.1) is 0 Å². The summed E-state index contributed by atoms with van der Waals surface area (Å²) in [4.78, 5) is 12.9. The highest BCUT2D eigenvalue weighted by Crippen LogP contribution is 2.61. The number of benzene rings is 3. The lowest BCUT2D eigenvalue weighted by Crippen LogP contribution is -2.42. The number of hydrogen-bond acceptors (Lipinski definition) is 1. The van der Waals surface area contributed by atoms with Crippen LogP contribution in [0.15, 0.2) is 91.0 Å². The molecule has 1 N–H and O–H groups in total. The zero-order valence-electron chi connectivity index (χ0n) is 14.0. The van der Waals surface area contributed by atoms with Gasteiger partial charge < -0.3 is 5.32 Å².